The van der Waals surface area contributed by atoms with Gasteiger partial charge in [-0.25, -0.2) is 4.98 Å². The Kier molecular flexibility index (Phi) is 7.49. The van der Waals surface area contributed by atoms with E-state index >= 15 is 0 Å². The smallest absolute Gasteiger partial charge is 0.298 e. The number of hydroxylamine groups is 2. The Morgan fingerprint density at radius 2 is 2.06 bits per heavy atom. The average Bonchev–Trinajstić information content (AvgIpc) is 3.12. The van der Waals surface area contributed by atoms with E-state index in [-0.39, 0.29) is 9.94 Å². The molecular weight excluding hydrogens is 454 g/mol. The molecule has 2 heterocycles. The van der Waals surface area contributed by atoms with Crippen LogP contribution in [0.1, 0.15) is 28.2 Å². The van der Waals surface area contributed by atoms with Crippen LogP contribution >= 0.6 is 11.3 Å². The van der Waals surface area contributed by atoms with Crippen molar-refractivity contribution in [1.82, 2.24) is 14.9 Å². The molecule has 0 radical (unpaired) electrons. The first-order chi connectivity index (χ1) is 15.0. The molecule has 1 fully saturated rings. The quantitative estimate of drug-likeness (QED) is 0.348. The van der Waals surface area contributed by atoms with Gasteiger partial charge in [-0.15, -0.1) is 20.7 Å². The van der Waals surface area contributed by atoms with Crippen LogP contribution in [0, 0.1) is 18.3 Å². The summed E-state index contributed by atoms with van der Waals surface area (Å²) in [5.41, 5.74) is 6.47. The summed E-state index contributed by atoms with van der Waals surface area (Å²) in [5.74, 6) is -0.487. The maximum Gasteiger partial charge on any atom is 0.298 e. The van der Waals surface area contributed by atoms with Gasteiger partial charge in [-0.05, 0) is 58.0 Å². The van der Waals surface area contributed by atoms with Crippen molar-refractivity contribution in [3.05, 3.63) is 34.8 Å². The normalized spacial score (nSPS) is 15.5. The topological polar surface area (TPSA) is 139 Å². The molecule has 12 heteroatoms. The summed E-state index contributed by atoms with van der Waals surface area (Å²) < 4.78 is 33.4. The van der Waals surface area contributed by atoms with Crippen LogP contribution in [0.5, 0.6) is 5.75 Å². The summed E-state index contributed by atoms with van der Waals surface area (Å²) in [4.78, 5) is 19.6. The van der Waals surface area contributed by atoms with Crippen molar-refractivity contribution in [3.8, 4) is 16.3 Å². The number of ether oxygens (including phenoxy) is 1. The van der Waals surface area contributed by atoms with Gasteiger partial charge in [-0.1, -0.05) is 12.1 Å². The predicted molar refractivity (Wildman–Crippen MR) is 122 cm³/mol. The number of likely N-dealkylation sites (tertiary alicyclic amines) is 1. The van der Waals surface area contributed by atoms with E-state index in [1.54, 1.807) is 6.92 Å². The molecule has 1 amide bonds. The number of carbonyl (C=O) groups excluding carboxylic acids is 1. The average molecular weight is 482 g/mol. The third-order valence-electron chi connectivity index (χ3n) is 5.01. The molecule has 0 atom stereocenters. The number of amides is 1. The van der Waals surface area contributed by atoms with Gasteiger partial charge in [0, 0.05) is 5.56 Å². The van der Waals surface area contributed by atoms with Crippen molar-refractivity contribution < 1.29 is 22.2 Å². The van der Waals surface area contributed by atoms with Crippen molar-refractivity contribution >= 4 is 33.3 Å². The number of aromatic nitrogens is 1. The lowest BCUT2D eigenvalue weighted by Crippen LogP contribution is -2.42. The summed E-state index contributed by atoms with van der Waals surface area (Å²) >= 11 is 1.06. The number of aryl methyl sites for hydroxylation is 1. The van der Waals surface area contributed by atoms with Crippen LogP contribution in [0.3, 0.4) is 0 Å². The highest BCUT2D eigenvalue weighted by Crippen LogP contribution is 2.31. The van der Waals surface area contributed by atoms with E-state index in [4.69, 9.17) is 15.9 Å². The Balaban J connectivity index is 1.75. The minimum atomic E-state index is -4.05. The van der Waals surface area contributed by atoms with Crippen LogP contribution in [-0.4, -0.2) is 68.2 Å². The van der Waals surface area contributed by atoms with E-state index in [1.807, 2.05) is 24.3 Å². The molecule has 32 heavy (non-hydrogen) atoms. The van der Waals surface area contributed by atoms with Gasteiger partial charge in [0.05, 0.1) is 18.6 Å². The molecule has 0 spiro atoms. The number of hydrogen-bond donors (Lipinski definition) is 2. The summed E-state index contributed by atoms with van der Waals surface area (Å²) in [6.45, 7) is 4.41. The summed E-state index contributed by atoms with van der Waals surface area (Å²) in [6.07, 6.45) is 2.98. The van der Waals surface area contributed by atoms with Crippen molar-refractivity contribution in [3.63, 3.8) is 0 Å². The lowest BCUT2D eigenvalue weighted by atomic mass is 9.98. The van der Waals surface area contributed by atoms with Gasteiger partial charge in [0.2, 0.25) is 5.96 Å². The molecule has 2 aromatic rings. The van der Waals surface area contributed by atoms with Crippen molar-refractivity contribution in [2.45, 2.75) is 19.8 Å². The first kappa shape index (κ1) is 24.1. The molecule has 0 aliphatic carbocycles. The lowest BCUT2D eigenvalue weighted by Gasteiger charge is -2.28. The van der Waals surface area contributed by atoms with Crippen molar-refractivity contribution in [1.29, 1.82) is 5.41 Å². The molecular formula is C20H27N5O5S2. The molecule has 1 aromatic heterocycles. The fraction of sp³-hybridized carbons (Fsp3) is 0.450. The predicted octanol–water partition coefficient (Wildman–Crippen LogP) is 2.07. The van der Waals surface area contributed by atoms with Crippen molar-refractivity contribution in [2.75, 3.05) is 33.0 Å². The molecule has 1 aliphatic rings. The fourth-order valence-corrected chi connectivity index (χ4v) is 4.69. The molecule has 3 N–H and O–H groups in total. The van der Waals surface area contributed by atoms with Crippen LogP contribution in [0.2, 0.25) is 0 Å². The largest absolute Gasteiger partial charge is 0.493 e. The standard InChI is InChI=1S/C20H27N5O5S2/c1-13-17(19(26)25(20(21)22)30-32(3,27)28)31-18(23-13)15-5-4-6-16(11-15)29-12-14-7-9-24(2)10-8-14/h4-6,11,14H,7-10,12H2,1-3H3,(H3,21,22). The number of nitrogens with zero attached hydrogens (tertiary/aromatic N) is 3. The van der Waals surface area contributed by atoms with Crippen LogP contribution < -0.4 is 10.5 Å². The number of nitrogens with two attached hydrogens (primary N) is 1. The van der Waals surface area contributed by atoms with Crippen molar-refractivity contribution in [2.24, 2.45) is 11.7 Å². The molecule has 0 unspecified atom stereocenters. The second-order valence-corrected chi connectivity index (χ2v) is 10.3. The highest BCUT2D eigenvalue weighted by molar-refractivity contribution is 7.85. The Bertz CT molecular complexity index is 1090. The number of hydrogen-bond acceptors (Lipinski definition) is 9. The van der Waals surface area contributed by atoms with E-state index in [2.05, 4.69) is 21.2 Å². The molecule has 3 rings (SSSR count). The molecule has 1 aliphatic heterocycles. The molecule has 0 saturated carbocycles. The van der Waals surface area contributed by atoms with Gasteiger partial charge < -0.3 is 15.4 Å². The lowest BCUT2D eigenvalue weighted by molar-refractivity contribution is 0.0205. The highest BCUT2D eigenvalue weighted by atomic mass is 32.2. The van der Waals surface area contributed by atoms with E-state index in [1.165, 1.54) is 0 Å². The van der Waals surface area contributed by atoms with Crippen LogP contribution in [0.15, 0.2) is 24.3 Å². The monoisotopic (exact) mass is 481 g/mol. The summed E-state index contributed by atoms with van der Waals surface area (Å²) in [5, 5.41) is 8.27. The molecule has 0 bridgehead atoms. The molecule has 1 aromatic carbocycles. The maximum absolute atomic E-state index is 12.8. The minimum absolute atomic E-state index is 0.122. The summed E-state index contributed by atoms with van der Waals surface area (Å²) in [6, 6.07) is 7.44. The van der Waals surface area contributed by atoms with E-state index < -0.39 is 22.0 Å². The van der Waals surface area contributed by atoms with Crippen LogP contribution in [0.25, 0.3) is 10.6 Å². The van der Waals surface area contributed by atoms with Gasteiger partial charge in [0.15, 0.2) is 0 Å². The fourth-order valence-electron chi connectivity index (χ4n) is 3.29. The maximum atomic E-state index is 12.8. The zero-order chi connectivity index (χ0) is 23.5. The van der Waals surface area contributed by atoms with Crippen LogP contribution in [-0.2, 0) is 14.4 Å². The first-order valence-electron chi connectivity index (χ1n) is 10.0. The van der Waals surface area contributed by atoms with Gasteiger partial charge in [0.25, 0.3) is 16.0 Å². The van der Waals surface area contributed by atoms with Gasteiger partial charge in [0.1, 0.15) is 15.6 Å². The van der Waals surface area contributed by atoms with Gasteiger partial charge >= 0.3 is 0 Å². The van der Waals surface area contributed by atoms with Crippen LogP contribution in [0.4, 0.5) is 0 Å². The number of thiazole rings is 1. The Morgan fingerprint density at radius 1 is 1.38 bits per heavy atom. The zero-order valence-electron chi connectivity index (χ0n) is 18.2. The Labute approximate surface area is 191 Å². The summed E-state index contributed by atoms with van der Waals surface area (Å²) in [7, 11) is -1.93. The Hall–Kier alpha value is -2.54. The molecule has 10 nitrogen and oxygen atoms in total. The number of nitrogens with one attached hydrogen (secondary N) is 1. The number of piperidine rings is 1. The zero-order valence-corrected chi connectivity index (χ0v) is 19.8. The number of carbonyl (C=O) groups is 1. The van der Waals surface area contributed by atoms with E-state index in [0.29, 0.717) is 29.0 Å². The molecule has 174 valence electrons. The third kappa shape index (κ3) is 6.25. The second-order valence-electron chi connectivity index (χ2n) is 7.78. The SMILES string of the molecule is Cc1nc(-c2cccc(OCC3CCN(C)CC3)c2)sc1C(=O)N(OS(C)(=O)=O)C(=N)N. The van der Waals surface area contributed by atoms with E-state index in [0.717, 1.165) is 49.1 Å². The van der Waals surface area contributed by atoms with Gasteiger partial charge in [-0.3, -0.25) is 10.2 Å². The number of rotatable bonds is 7. The number of benzene rings is 1. The van der Waals surface area contributed by atoms with Gasteiger partial charge in [-0.2, -0.15) is 8.42 Å². The first-order valence-corrected chi connectivity index (χ1v) is 12.6. The molecule has 1 saturated heterocycles. The van der Waals surface area contributed by atoms with E-state index in [9.17, 15) is 13.2 Å². The number of guanidine groups is 1. The Morgan fingerprint density at radius 3 is 2.69 bits per heavy atom. The second kappa shape index (κ2) is 9.94. The minimum Gasteiger partial charge on any atom is -0.493 e. The third-order valence-corrected chi connectivity index (χ3v) is 6.62. The highest BCUT2D eigenvalue weighted by Gasteiger charge is 2.28.